The average Bonchev–Trinajstić information content (AvgIpc) is 2.55. The number of esters is 1. The van der Waals surface area contributed by atoms with Crippen LogP contribution in [0.4, 0.5) is 0 Å². The van der Waals surface area contributed by atoms with Crippen molar-refractivity contribution >= 4 is 27.6 Å². The van der Waals surface area contributed by atoms with Crippen molar-refractivity contribution in [3.8, 4) is 0 Å². The highest BCUT2D eigenvalue weighted by Crippen LogP contribution is 2.26. The predicted molar refractivity (Wildman–Crippen MR) is 85.7 cm³/mol. The molecule has 0 amide bonds. The SMILES string of the molecule is COC(=O)c1ccc(Cl)c(S(=O)(=O)N(C)Cc2cccnc2)c1. The highest BCUT2D eigenvalue weighted by molar-refractivity contribution is 7.89. The fourth-order valence-electron chi connectivity index (χ4n) is 1.95. The number of halogens is 1. The number of carbonyl (C=O) groups excluding carboxylic acids is 1. The third-order valence-corrected chi connectivity index (χ3v) is 5.45. The van der Waals surface area contributed by atoms with Crippen molar-refractivity contribution in [2.75, 3.05) is 14.2 Å². The van der Waals surface area contributed by atoms with E-state index >= 15 is 0 Å². The smallest absolute Gasteiger partial charge is 0.337 e. The van der Waals surface area contributed by atoms with Crippen LogP contribution in [0.2, 0.25) is 5.02 Å². The van der Waals surface area contributed by atoms with Crippen LogP contribution in [0.5, 0.6) is 0 Å². The maximum absolute atomic E-state index is 12.7. The molecule has 0 aliphatic heterocycles. The van der Waals surface area contributed by atoms with Crippen molar-refractivity contribution in [3.63, 3.8) is 0 Å². The predicted octanol–water partition coefficient (Wildman–Crippen LogP) is 2.34. The average molecular weight is 355 g/mol. The first-order chi connectivity index (χ1) is 10.9. The van der Waals surface area contributed by atoms with Crippen molar-refractivity contribution in [3.05, 3.63) is 58.9 Å². The highest BCUT2D eigenvalue weighted by Gasteiger charge is 2.25. The lowest BCUT2D eigenvalue weighted by molar-refractivity contribution is 0.0600. The zero-order chi connectivity index (χ0) is 17.0. The molecule has 0 N–H and O–H groups in total. The summed E-state index contributed by atoms with van der Waals surface area (Å²) < 4.78 is 31.1. The maximum atomic E-state index is 12.7. The second-order valence-corrected chi connectivity index (χ2v) is 7.18. The Morgan fingerprint density at radius 2 is 2.09 bits per heavy atom. The van der Waals surface area contributed by atoms with Gasteiger partial charge in [0.2, 0.25) is 10.0 Å². The number of pyridine rings is 1. The Balaban J connectivity index is 2.37. The Kier molecular flexibility index (Phi) is 5.35. The zero-order valence-electron chi connectivity index (χ0n) is 12.6. The van der Waals surface area contributed by atoms with E-state index in [1.54, 1.807) is 24.5 Å². The van der Waals surface area contributed by atoms with Crippen LogP contribution in [0.1, 0.15) is 15.9 Å². The first-order valence-electron chi connectivity index (χ1n) is 6.59. The van der Waals surface area contributed by atoms with Gasteiger partial charge in [0.15, 0.2) is 0 Å². The molecule has 0 aliphatic rings. The number of nitrogens with zero attached hydrogens (tertiary/aromatic N) is 2. The van der Waals surface area contributed by atoms with E-state index in [-0.39, 0.29) is 22.0 Å². The Labute approximate surface area is 139 Å². The van der Waals surface area contributed by atoms with Gasteiger partial charge in [-0.2, -0.15) is 4.31 Å². The molecule has 0 atom stereocenters. The van der Waals surface area contributed by atoms with Crippen molar-refractivity contribution < 1.29 is 17.9 Å². The molecular formula is C15H15ClN2O4S. The summed E-state index contributed by atoms with van der Waals surface area (Å²) in [4.78, 5) is 15.4. The molecule has 0 spiro atoms. The van der Waals surface area contributed by atoms with E-state index in [9.17, 15) is 13.2 Å². The molecule has 0 fully saturated rings. The standard InChI is InChI=1S/C15H15ClN2O4S/c1-18(10-11-4-3-7-17-9-11)23(20,21)14-8-12(15(19)22-2)5-6-13(14)16/h3-9H,10H2,1-2H3. The topological polar surface area (TPSA) is 76.6 Å². The monoisotopic (exact) mass is 354 g/mol. The van der Waals surface area contributed by atoms with Crippen LogP contribution < -0.4 is 0 Å². The molecule has 0 unspecified atom stereocenters. The van der Waals surface area contributed by atoms with Crippen LogP contribution in [-0.4, -0.2) is 37.8 Å². The number of ether oxygens (including phenoxy) is 1. The van der Waals surface area contributed by atoms with Gasteiger partial charge in [-0.05, 0) is 29.8 Å². The van der Waals surface area contributed by atoms with Crippen molar-refractivity contribution in [1.29, 1.82) is 0 Å². The molecule has 0 saturated carbocycles. The number of methoxy groups -OCH3 is 1. The fraction of sp³-hybridized carbons (Fsp3) is 0.200. The summed E-state index contributed by atoms with van der Waals surface area (Å²) in [5, 5.41) is 0.0377. The molecule has 1 aromatic heterocycles. The van der Waals surface area contributed by atoms with Crippen LogP contribution >= 0.6 is 11.6 Å². The minimum atomic E-state index is -3.87. The van der Waals surface area contributed by atoms with E-state index in [1.165, 1.54) is 32.4 Å². The summed E-state index contributed by atoms with van der Waals surface area (Å²) in [5.74, 6) is -0.631. The number of carbonyl (C=O) groups is 1. The van der Waals surface area contributed by atoms with Gasteiger partial charge in [0, 0.05) is 26.0 Å². The van der Waals surface area contributed by atoms with Gasteiger partial charge >= 0.3 is 5.97 Å². The summed E-state index contributed by atoms with van der Waals surface area (Å²) in [6.07, 6.45) is 3.19. The van der Waals surface area contributed by atoms with E-state index in [1.807, 2.05) is 0 Å². The van der Waals surface area contributed by atoms with Crippen LogP contribution in [0.15, 0.2) is 47.6 Å². The molecule has 1 heterocycles. The Morgan fingerprint density at radius 3 is 2.70 bits per heavy atom. The molecule has 0 radical (unpaired) electrons. The van der Waals surface area contributed by atoms with Gasteiger partial charge < -0.3 is 4.74 Å². The lowest BCUT2D eigenvalue weighted by Crippen LogP contribution is -2.27. The number of sulfonamides is 1. The van der Waals surface area contributed by atoms with Crippen LogP contribution in [0.25, 0.3) is 0 Å². The lowest BCUT2D eigenvalue weighted by atomic mass is 10.2. The van der Waals surface area contributed by atoms with Crippen molar-refractivity contribution in [2.24, 2.45) is 0 Å². The van der Waals surface area contributed by atoms with Gasteiger partial charge in [-0.3, -0.25) is 4.98 Å². The van der Waals surface area contributed by atoms with Crippen molar-refractivity contribution in [1.82, 2.24) is 9.29 Å². The minimum Gasteiger partial charge on any atom is -0.465 e. The van der Waals surface area contributed by atoms with Crippen LogP contribution in [0, 0.1) is 0 Å². The molecule has 6 nitrogen and oxygen atoms in total. The quantitative estimate of drug-likeness (QED) is 0.770. The van der Waals surface area contributed by atoms with Crippen molar-refractivity contribution in [2.45, 2.75) is 11.4 Å². The molecule has 2 rings (SSSR count). The molecule has 0 bridgehead atoms. The fourth-order valence-corrected chi connectivity index (χ4v) is 3.60. The molecule has 8 heteroatoms. The Morgan fingerprint density at radius 1 is 1.35 bits per heavy atom. The van der Waals surface area contributed by atoms with Gasteiger partial charge in [0.05, 0.1) is 17.7 Å². The van der Waals surface area contributed by atoms with E-state index in [2.05, 4.69) is 9.72 Å². The number of hydrogen-bond acceptors (Lipinski definition) is 5. The first kappa shape index (κ1) is 17.4. The molecule has 2 aromatic rings. The summed E-state index contributed by atoms with van der Waals surface area (Å²) in [5.41, 5.74) is 0.851. The Hall–Kier alpha value is -1.96. The normalized spacial score (nSPS) is 11.5. The van der Waals surface area contributed by atoms with Crippen LogP contribution in [-0.2, 0) is 21.3 Å². The van der Waals surface area contributed by atoms with Gasteiger partial charge in [-0.1, -0.05) is 17.7 Å². The molecule has 122 valence electrons. The number of rotatable bonds is 5. The molecule has 0 saturated heterocycles. The third kappa shape index (κ3) is 3.87. The summed E-state index contributed by atoms with van der Waals surface area (Å²) in [7, 11) is -1.21. The second kappa shape index (κ2) is 7.08. The third-order valence-electron chi connectivity index (χ3n) is 3.17. The van der Waals surface area contributed by atoms with Gasteiger partial charge in [0.25, 0.3) is 0 Å². The van der Waals surface area contributed by atoms with Gasteiger partial charge in [-0.15, -0.1) is 0 Å². The molecule has 1 aromatic carbocycles. The largest absolute Gasteiger partial charge is 0.465 e. The number of hydrogen-bond donors (Lipinski definition) is 0. The zero-order valence-corrected chi connectivity index (χ0v) is 14.1. The maximum Gasteiger partial charge on any atom is 0.337 e. The summed E-state index contributed by atoms with van der Waals surface area (Å²) in [6, 6.07) is 7.47. The highest BCUT2D eigenvalue weighted by atomic mass is 35.5. The van der Waals surface area contributed by atoms with E-state index in [4.69, 9.17) is 11.6 Å². The molecule has 23 heavy (non-hydrogen) atoms. The van der Waals surface area contributed by atoms with E-state index < -0.39 is 16.0 Å². The first-order valence-corrected chi connectivity index (χ1v) is 8.41. The van der Waals surface area contributed by atoms with E-state index in [0.29, 0.717) is 0 Å². The minimum absolute atomic E-state index is 0.0377. The Bertz CT molecular complexity index is 809. The summed E-state index contributed by atoms with van der Waals surface area (Å²) >= 11 is 6.01. The number of benzene rings is 1. The van der Waals surface area contributed by atoms with Crippen LogP contribution in [0.3, 0.4) is 0 Å². The van der Waals surface area contributed by atoms with E-state index in [0.717, 1.165) is 9.87 Å². The lowest BCUT2D eigenvalue weighted by Gasteiger charge is -2.18. The molecular weight excluding hydrogens is 340 g/mol. The number of aromatic nitrogens is 1. The van der Waals surface area contributed by atoms with Gasteiger partial charge in [0.1, 0.15) is 4.90 Å². The summed E-state index contributed by atoms with van der Waals surface area (Å²) in [6.45, 7) is 0.134. The van der Waals surface area contributed by atoms with Gasteiger partial charge in [-0.25, -0.2) is 13.2 Å². The molecule has 0 aliphatic carbocycles. The second-order valence-electron chi connectivity index (χ2n) is 4.76.